The van der Waals surface area contributed by atoms with Crippen LogP contribution in [0.25, 0.3) is 44.0 Å². The summed E-state index contributed by atoms with van der Waals surface area (Å²) in [5, 5.41) is 13.0. The second-order valence-electron chi connectivity index (χ2n) is 6.98. The summed E-state index contributed by atoms with van der Waals surface area (Å²) < 4.78 is 0. The molecule has 0 atom stereocenters. The Morgan fingerprint density at radius 3 is 1.89 bits per heavy atom. The first-order valence-electron chi connectivity index (χ1n) is 9.01. The zero-order valence-corrected chi connectivity index (χ0v) is 15.2. The first-order valence-corrected chi connectivity index (χ1v) is 9.01. The van der Waals surface area contributed by atoms with Crippen LogP contribution in [0.15, 0.2) is 66.7 Å². The van der Waals surface area contributed by atoms with E-state index in [4.69, 9.17) is 9.97 Å². The van der Waals surface area contributed by atoms with Crippen molar-refractivity contribution in [3.63, 3.8) is 0 Å². The number of para-hydroxylation sites is 2. The first kappa shape index (κ1) is 15.8. The normalized spacial score (nSPS) is 11.5. The minimum Gasteiger partial charge on any atom is -0.507 e. The van der Waals surface area contributed by atoms with Gasteiger partial charge < -0.3 is 5.11 Å². The zero-order chi connectivity index (χ0) is 18.5. The van der Waals surface area contributed by atoms with E-state index in [2.05, 4.69) is 19.9 Å². The van der Waals surface area contributed by atoms with E-state index in [9.17, 15) is 5.11 Å². The van der Waals surface area contributed by atoms with Gasteiger partial charge in [0.05, 0.1) is 22.1 Å². The minimum absolute atomic E-state index is 0.261. The molecule has 1 N–H and O–H groups in total. The van der Waals surface area contributed by atoms with E-state index in [0.717, 1.165) is 49.5 Å². The molecule has 0 spiro atoms. The van der Waals surface area contributed by atoms with Gasteiger partial charge in [-0.05, 0) is 54.8 Å². The number of aromatic nitrogens is 2. The fraction of sp³-hybridized carbons (Fsp3) is 0.0833. The van der Waals surface area contributed by atoms with Crippen molar-refractivity contribution in [1.29, 1.82) is 0 Å². The lowest BCUT2D eigenvalue weighted by Gasteiger charge is -2.15. The number of benzene rings is 4. The fourth-order valence-electron chi connectivity index (χ4n) is 3.70. The Hall–Kier alpha value is -3.46. The molecule has 0 unspecified atom stereocenters. The summed E-state index contributed by atoms with van der Waals surface area (Å²) in [4.78, 5) is 9.82. The Labute approximate surface area is 156 Å². The van der Waals surface area contributed by atoms with Crippen LogP contribution in [-0.2, 0) is 0 Å². The summed E-state index contributed by atoms with van der Waals surface area (Å²) in [6.45, 7) is 4.14. The monoisotopic (exact) mass is 350 g/mol. The minimum atomic E-state index is 0.261. The molecule has 0 aliphatic rings. The molecule has 0 amide bonds. The lowest BCUT2D eigenvalue weighted by atomic mass is 9.94. The third kappa shape index (κ3) is 2.36. The number of aromatic hydroxyl groups is 1. The van der Waals surface area contributed by atoms with Gasteiger partial charge in [0.15, 0.2) is 0 Å². The summed E-state index contributed by atoms with van der Waals surface area (Å²) in [6, 6.07) is 21.9. The van der Waals surface area contributed by atoms with Crippen molar-refractivity contribution in [2.75, 3.05) is 0 Å². The van der Waals surface area contributed by atoms with Crippen molar-refractivity contribution in [3.05, 3.63) is 77.9 Å². The summed E-state index contributed by atoms with van der Waals surface area (Å²) >= 11 is 0. The summed E-state index contributed by atoms with van der Waals surface area (Å²) in [7, 11) is 0. The molecule has 1 heterocycles. The van der Waals surface area contributed by atoms with Crippen molar-refractivity contribution in [3.8, 4) is 16.9 Å². The molecular weight excluding hydrogens is 332 g/mol. The molecule has 1 aromatic heterocycles. The van der Waals surface area contributed by atoms with Crippen molar-refractivity contribution in [2.45, 2.75) is 13.8 Å². The van der Waals surface area contributed by atoms with Gasteiger partial charge in [-0.25, -0.2) is 9.97 Å². The number of aryl methyl sites for hydroxylation is 2. The summed E-state index contributed by atoms with van der Waals surface area (Å²) in [5.41, 5.74) is 7.22. The molecule has 0 aliphatic heterocycles. The second-order valence-corrected chi connectivity index (χ2v) is 6.98. The third-order valence-electron chi connectivity index (χ3n) is 5.25. The van der Waals surface area contributed by atoms with E-state index < -0.39 is 0 Å². The first-order chi connectivity index (χ1) is 13.1. The number of phenolic OH excluding ortho intramolecular Hbond substituents is 1. The molecule has 0 radical (unpaired) electrons. The van der Waals surface area contributed by atoms with Gasteiger partial charge in [0.2, 0.25) is 0 Å². The quantitative estimate of drug-likeness (QED) is 0.301. The Bertz CT molecular complexity index is 1340. The molecule has 3 heteroatoms. The largest absolute Gasteiger partial charge is 0.507 e. The van der Waals surface area contributed by atoms with Crippen LogP contribution in [-0.4, -0.2) is 15.1 Å². The van der Waals surface area contributed by atoms with Crippen LogP contribution < -0.4 is 0 Å². The predicted molar refractivity (Wildman–Crippen MR) is 111 cm³/mol. The van der Waals surface area contributed by atoms with Crippen LogP contribution in [0, 0.1) is 13.8 Å². The molecular formula is C24H18N2O. The Morgan fingerprint density at radius 1 is 0.667 bits per heavy atom. The molecule has 3 nitrogen and oxygen atoms in total. The highest BCUT2D eigenvalue weighted by Crippen LogP contribution is 2.43. The highest BCUT2D eigenvalue weighted by molar-refractivity contribution is 6.16. The fourth-order valence-corrected chi connectivity index (χ4v) is 3.70. The van der Waals surface area contributed by atoms with Crippen LogP contribution in [0.5, 0.6) is 5.75 Å². The van der Waals surface area contributed by atoms with Crippen LogP contribution in [0.4, 0.5) is 0 Å². The maximum absolute atomic E-state index is 11.2. The van der Waals surface area contributed by atoms with Gasteiger partial charge in [0.25, 0.3) is 0 Å². The second kappa shape index (κ2) is 5.78. The Balaban J connectivity index is 2.07. The molecule has 0 fully saturated rings. The molecule has 0 saturated heterocycles. The van der Waals surface area contributed by atoms with Gasteiger partial charge >= 0.3 is 0 Å². The molecule has 4 aromatic carbocycles. The van der Waals surface area contributed by atoms with Crippen molar-refractivity contribution in [2.24, 2.45) is 0 Å². The lowest BCUT2D eigenvalue weighted by molar-refractivity contribution is 0.484. The van der Waals surface area contributed by atoms with Gasteiger partial charge in [-0.2, -0.15) is 0 Å². The van der Waals surface area contributed by atoms with E-state index in [1.165, 1.54) is 5.56 Å². The van der Waals surface area contributed by atoms with Crippen molar-refractivity contribution >= 4 is 32.8 Å². The number of phenols is 1. The van der Waals surface area contributed by atoms with E-state index in [1.54, 1.807) is 0 Å². The molecule has 0 saturated carbocycles. The summed E-state index contributed by atoms with van der Waals surface area (Å²) in [6.07, 6.45) is 0. The van der Waals surface area contributed by atoms with Crippen molar-refractivity contribution < 1.29 is 5.11 Å². The zero-order valence-electron chi connectivity index (χ0n) is 15.2. The standard InChI is InChI=1S/C24H18N2O/c1-14-12-17-18(13-15(14)2)24(27)21(16-8-4-3-5-9-16)23-22(17)25-19-10-6-7-11-20(19)26-23/h3-13,27H,1-2H3. The number of hydrogen-bond acceptors (Lipinski definition) is 3. The molecule has 130 valence electrons. The van der Waals surface area contributed by atoms with Crippen LogP contribution in [0.3, 0.4) is 0 Å². The van der Waals surface area contributed by atoms with E-state index in [-0.39, 0.29) is 5.75 Å². The number of nitrogens with zero attached hydrogens (tertiary/aromatic N) is 2. The van der Waals surface area contributed by atoms with E-state index in [0.29, 0.717) is 0 Å². The Kier molecular flexibility index (Phi) is 3.37. The van der Waals surface area contributed by atoms with Gasteiger partial charge in [-0.3, -0.25) is 0 Å². The van der Waals surface area contributed by atoms with Crippen LogP contribution >= 0.6 is 0 Å². The lowest BCUT2D eigenvalue weighted by Crippen LogP contribution is -1.94. The van der Waals surface area contributed by atoms with E-state index in [1.807, 2.05) is 60.7 Å². The summed E-state index contributed by atoms with van der Waals surface area (Å²) in [5.74, 6) is 0.261. The molecule has 0 bridgehead atoms. The smallest absolute Gasteiger partial charge is 0.133 e. The predicted octanol–water partition coefficient (Wildman–Crippen LogP) is 5.93. The average Bonchev–Trinajstić information content (AvgIpc) is 2.69. The average molecular weight is 350 g/mol. The Morgan fingerprint density at radius 2 is 1.22 bits per heavy atom. The SMILES string of the molecule is Cc1cc2c(O)c(-c3ccccc3)c3nc4ccccc4nc3c2cc1C. The molecule has 27 heavy (non-hydrogen) atoms. The molecule has 5 rings (SSSR count). The highest BCUT2D eigenvalue weighted by Gasteiger charge is 2.19. The topological polar surface area (TPSA) is 46.0 Å². The number of rotatable bonds is 1. The highest BCUT2D eigenvalue weighted by atomic mass is 16.3. The van der Waals surface area contributed by atoms with Gasteiger partial charge in [-0.15, -0.1) is 0 Å². The third-order valence-corrected chi connectivity index (χ3v) is 5.25. The van der Waals surface area contributed by atoms with Gasteiger partial charge in [0, 0.05) is 10.8 Å². The van der Waals surface area contributed by atoms with E-state index >= 15 is 0 Å². The van der Waals surface area contributed by atoms with Crippen molar-refractivity contribution in [1.82, 2.24) is 9.97 Å². The van der Waals surface area contributed by atoms with Gasteiger partial charge in [-0.1, -0.05) is 42.5 Å². The maximum Gasteiger partial charge on any atom is 0.133 e. The molecule has 0 aliphatic carbocycles. The number of hydrogen-bond donors (Lipinski definition) is 1. The molecule has 5 aromatic rings. The number of fused-ring (bicyclic) bond motifs is 4. The van der Waals surface area contributed by atoms with Crippen LogP contribution in [0.1, 0.15) is 11.1 Å². The van der Waals surface area contributed by atoms with Crippen LogP contribution in [0.2, 0.25) is 0 Å². The van der Waals surface area contributed by atoms with Gasteiger partial charge in [0.1, 0.15) is 11.3 Å². The maximum atomic E-state index is 11.2.